The van der Waals surface area contributed by atoms with Crippen LogP contribution in [0, 0.1) is 0 Å². The molecule has 1 aromatic carbocycles. The third-order valence-corrected chi connectivity index (χ3v) is 1.06. The number of para-hydroxylation sites is 1. The average Bonchev–Trinajstić information content (AvgIpc) is 2.10. The van der Waals surface area contributed by atoms with E-state index in [-0.39, 0.29) is 0 Å². The van der Waals surface area contributed by atoms with Gasteiger partial charge in [-0.15, -0.1) is 0 Å². The summed E-state index contributed by atoms with van der Waals surface area (Å²) in [7, 11) is 2.91. The number of hydrogen-bond donors (Lipinski definition) is 2. The largest absolute Gasteiger partial charge is 0.400 e. The first-order valence-corrected chi connectivity index (χ1v) is 3.11. The molecule has 0 spiro atoms. The van der Waals surface area contributed by atoms with E-state index in [0.29, 0.717) is 0 Å². The van der Waals surface area contributed by atoms with E-state index in [1.165, 1.54) is 0 Å². The molecule has 0 fully saturated rings. The van der Waals surface area contributed by atoms with Crippen LogP contribution >= 0.6 is 0 Å². The molecule has 0 heterocycles. The molecule has 0 aliphatic rings. The van der Waals surface area contributed by atoms with Gasteiger partial charge in [0, 0.05) is 19.8 Å². The Labute approximate surface area is 61.5 Å². The number of anilines is 1. The van der Waals surface area contributed by atoms with Gasteiger partial charge in [0.2, 0.25) is 0 Å². The van der Waals surface area contributed by atoms with Crippen molar-refractivity contribution in [3.8, 4) is 0 Å². The van der Waals surface area contributed by atoms with Crippen LogP contribution in [0.4, 0.5) is 5.69 Å². The SMILES string of the molecule is CNc1ccccc1.CO. The van der Waals surface area contributed by atoms with E-state index < -0.39 is 0 Å². The molecule has 0 bridgehead atoms. The molecule has 0 atom stereocenters. The second-order valence-electron chi connectivity index (χ2n) is 1.62. The zero-order valence-corrected chi connectivity index (χ0v) is 6.33. The van der Waals surface area contributed by atoms with Crippen LogP contribution in [-0.2, 0) is 0 Å². The van der Waals surface area contributed by atoms with Crippen molar-refractivity contribution < 1.29 is 5.11 Å². The molecular formula is C8H13NO. The minimum atomic E-state index is 1.00. The minimum absolute atomic E-state index is 1.00. The van der Waals surface area contributed by atoms with E-state index in [2.05, 4.69) is 5.32 Å². The average molecular weight is 139 g/mol. The molecular weight excluding hydrogens is 126 g/mol. The van der Waals surface area contributed by atoms with Crippen LogP contribution in [0.3, 0.4) is 0 Å². The lowest BCUT2D eigenvalue weighted by Gasteiger charge is -1.94. The predicted molar refractivity (Wildman–Crippen MR) is 44.1 cm³/mol. The Morgan fingerprint density at radius 3 is 1.90 bits per heavy atom. The molecule has 0 aliphatic carbocycles. The predicted octanol–water partition coefficient (Wildman–Crippen LogP) is 1.34. The molecule has 2 heteroatoms. The second kappa shape index (κ2) is 6.11. The van der Waals surface area contributed by atoms with Gasteiger partial charge in [0.1, 0.15) is 0 Å². The van der Waals surface area contributed by atoms with Crippen molar-refractivity contribution in [1.29, 1.82) is 0 Å². The molecule has 0 saturated heterocycles. The second-order valence-corrected chi connectivity index (χ2v) is 1.62. The Kier molecular flexibility index (Phi) is 5.48. The fourth-order valence-electron chi connectivity index (χ4n) is 0.605. The van der Waals surface area contributed by atoms with Gasteiger partial charge in [0.15, 0.2) is 0 Å². The number of rotatable bonds is 1. The summed E-state index contributed by atoms with van der Waals surface area (Å²) < 4.78 is 0. The maximum atomic E-state index is 7.00. The highest BCUT2D eigenvalue weighted by Crippen LogP contribution is 2.01. The molecule has 2 nitrogen and oxygen atoms in total. The van der Waals surface area contributed by atoms with E-state index in [1.54, 1.807) is 0 Å². The van der Waals surface area contributed by atoms with Gasteiger partial charge in [-0.2, -0.15) is 0 Å². The summed E-state index contributed by atoms with van der Waals surface area (Å²) in [5, 5.41) is 10.0. The normalized spacial score (nSPS) is 7.50. The first kappa shape index (κ1) is 8.98. The van der Waals surface area contributed by atoms with Gasteiger partial charge in [0.25, 0.3) is 0 Å². The molecule has 0 radical (unpaired) electrons. The maximum absolute atomic E-state index is 7.00. The van der Waals surface area contributed by atoms with Crippen LogP contribution in [0.15, 0.2) is 30.3 Å². The number of nitrogens with one attached hydrogen (secondary N) is 1. The lowest BCUT2D eigenvalue weighted by molar-refractivity contribution is 0.399. The molecule has 2 N–H and O–H groups in total. The van der Waals surface area contributed by atoms with Crippen LogP contribution in [0.1, 0.15) is 0 Å². The lowest BCUT2D eigenvalue weighted by Crippen LogP contribution is -1.84. The van der Waals surface area contributed by atoms with Crippen molar-refractivity contribution >= 4 is 5.69 Å². The Morgan fingerprint density at radius 2 is 1.60 bits per heavy atom. The van der Waals surface area contributed by atoms with E-state index in [0.717, 1.165) is 12.8 Å². The summed E-state index contributed by atoms with van der Waals surface area (Å²) in [5.74, 6) is 0. The minimum Gasteiger partial charge on any atom is -0.400 e. The van der Waals surface area contributed by atoms with Crippen molar-refractivity contribution in [1.82, 2.24) is 0 Å². The van der Waals surface area contributed by atoms with E-state index in [4.69, 9.17) is 5.11 Å². The Hall–Kier alpha value is -1.02. The summed E-state index contributed by atoms with van der Waals surface area (Å²) in [6, 6.07) is 10.1. The van der Waals surface area contributed by atoms with Gasteiger partial charge in [-0.05, 0) is 12.1 Å². The van der Waals surface area contributed by atoms with Crippen LogP contribution in [-0.4, -0.2) is 19.3 Å². The fraction of sp³-hybridized carbons (Fsp3) is 0.250. The molecule has 0 unspecified atom stereocenters. The first-order chi connectivity index (χ1) is 4.93. The van der Waals surface area contributed by atoms with Crippen LogP contribution < -0.4 is 5.32 Å². The topological polar surface area (TPSA) is 32.3 Å². The summed E-state index contributed by atoms with van der Waals surface area (Å²) in [5.41, 5.74) is 1.16. The molecule has 0 aliphatic heterocycles. The third kappa shape index (κ3) is 3.10. The molecule has 0 amide bonds. The summed E-state index contributed by atoms with van der Waals surface area (Å²) in [6.07, 6.45) is 0. The third-order valence-electron chi connectivity index (χ3n) is 1.06. The quantitative estimate of drug-likeness (QED) is 0.615. The standard InChI is InChI=1S/C7H9N.CH4O/c1-8-7-5-3-2-4-6-7;1-2/h2-6,8H,1H3;2H,1H3. The number of aliphatic hydroxyl groups excluding tert-OH is 1. The van der Waals surface area contributed by atoms with Crippen LogP contribution in [0.5, 0.6) is 0 Å². The molecule has 1 aromatic rings. The highest BCUT2D eigenvalue weighted by atomic mass is 16.2. The summed E-state index contributed by atoms with van der Waals surface area (Å²) >= 11 is 0. The van der Waals surface area contributed by atoms with Gasteiger partial charge < -0.3 is 10.4 Å². The van der Waals surface area contributed by atoms with E-state index in [1.807, 2.05) is 37.4 Å². The molecule has 0 saturated carbocycles. The first-order valence-electron chi connectivity index (χ1n) is 3.11. The Bertz CT molecular complexity index is 151. The molecule has 10 heavy (non-hydrogen) atoms. The molecule has 1 rings (SSSR count). The van der Waals surface area contributed by atoms with Gasteiger partial charge in [0.05, 0.1) is 0 Å². The zero-order valence-electron chi connectivity index (χ0n) is 6.33. The fourth-order valence-corrected chi connectivity index (χ4v) is 0.605. The van der Waals surface area contributed by atoms with Gasteiger partial charge in [-0.25, -0.2) is 0 Å². The number of aliphatic hydroxyl groups is 1. The number of hydrogen-bond acceptors (Lipinski definition) is 2. The molecule has 0 aromatic heterocycles. The summed E-state index contributed by atoms with van der Waals surface area (Å²) in [4.78, 5) is 0. The van der Waals surface area contributed by atoms with Gasteiger partial charge in [-0.1, -0.05) is 18.2 Å². The van der Waals surface area contributed by atoms with E-state index >= 15 is 0 Å². The van der Waals surface area contributed by atoms with Crippen molar-refractivity contribution in [2.75, 3.05) is 19.5 Å². The van der Waals surface area contributed by atoms with Gasteiger partial charge in [-0.3, -0.25) is 0 Å². The van der Waals surface area contributed by atoms with Gasteiger partial charge >= 0.3 is 0 Å². The van der Waals surface area contributed by atoms with Crippen molar-refractivity contribution in [3.63, 3.8) is 0 Å². The van der Waals surface area contributed by atoms with E-state index in [9.17, 15) is 0 Å². The monoisotopic (exact) mass is 139 g/mol. The van der Waals surface area contributed by atoms with Crippen molar-refractivity contribution in [2.45, 2.75) is 0 Å². The molecule has 56 valence electrons. The van der Waals surface area contributed by atoms with Crippen molar-refractivity contribution in [2.24, 2.45) is 0 Å². The highest BCUT2D eigenvalue weighted by molar-refractivity contribution is 5.41. The number of benzene rings is 1. The van der Waals surface area contributed by atoms with Crippen LogP contribution in [0.25, 0.3) is 0 Å². The lowest BCUT2D eigenvalue weighted by atomic mass is 10.3. The Morgan fingerprint density at radius 1 is 1.10 bits per heavy atom. The highest BCUT2D eigenvalue weighted by Gasteiger charge is 1.77. The van der Waals surface area contributed by atoms with Crippen molar-refractivity contribution in [3.05, 3.63) is 30.3 Å². The summed E-state index contributed by atoms with van der Waals surface area (Å²) in [6.45, 7) is 0. The maximum Gasteiger partial charge on any atom is 0.0337 e. The Balaban J connectivity index is 0.000000371. The van der Waals surface area contributed by atoms with Crippen LogP contribution in [0.2, 0.25) is 0 Å². The smallest absolute Gasteiger partial charge is 0.0337 e. The zero-order chi connectivity index (χ0) is 7.82.